The lowest BCUT2D eigenvalue weighted by Gasteiger charge is -2.65. The van der Waals surface area contributed by atoms with Crippen molar-refractivity contribution < 1.29 is 18.4 Å². The molecule has 7 saturated carbocycles. The number of rotatable bonds is 9. The second-order valence-electron chi connectivity index (χ2n) is 13.7. The molecule has 0 radical (unpaired) electrons. The molecule has 1 aromatic carbocycles. The second-order valence-corrected chi connectivity index (χ2v) is 13.7. The first kappa shape index (κ1) is 25.4. The Bertz CT molecular complexity index is 1470. The van der Waals surface area contributed by atoms with Gasteiger partial charge in [0.1, 0.15) is 11.4 Å². The minimum atomic E-state index is -1.12. The van der Waals surface area contributed by atoms with Crippen LogP contribution < -0.4 is 9.64 Å². The molecule has 2 aromatic heterocycles. The van der Waals surface area contributed by atoms with E-state index in [4.69, 9.17) is 14.2 Å². The van der Waals surface area contributed by atoms with Gasteiger partial charge < -0.3 is 14.2 Å². The highest BCUT2D eigenvalue weighted by atomic mass is 19.1. The average Bonchev–Trinajstić information content (AvgIpc) is 3.70. The molecular weight excluding hydrogens is 519 g/mol. The SMILES string of the molecule is CCOc1ccnc(-c2cccc(N(CC34CCC(c5nc(C6CC6)no5)(CC3)CC4)C(=O)C34CC(F)(C3)C4)c2)c1. The first-order chi connectivity index (χ1) is 19.8. The summed E-state index contributed by atoms with van der Waals surface area (Å²) in [6.45, 7) is 3.21. The molecule has 0 aliphatic heterocycles. The van der Waals surface area contributed by atoms with Gasteiger partial charge in [-0.05, 0) is 101 Å². The van der Waals surface area contributed by atoms with Gasteiger partial charge in [-0.3, -0.25) is 9.78 Å². The van der Waals surface area contributed by atoms with Crippen LogP contribution in [-0.2, 0) is 10.2 Å². The largest absolute Gasteiger partial charge is 0.494 e. The quantitative estimate of drug-likeness (QED) is 0.284. The second kappa shape index (κ2) is 8.85. The molecule has 0 spiro atoms. The number of alkyl halides is 1. The van der Waals surface area contributed by atoms with Crippen LogP contribution in [0.2, 0.25) is 0 Å². The fourth-order valence-corrected chi connectivity index (χ4v) is 8.23. The molecule has 0 unspecified atom stereocenters. The third kappa shape index (κ3) is 4.11. The number of hydrogen-bond acceptors (Lipinski definition) is 6. The van der Waals surface area contributed by atoms with Gasteiger partial charge in [-0.1, -0.05) is 17.3 Å². The van der Waals surface area contributed by atoms with Crippen LogP contribution >= 0.6 is 0 Å². The highest BCUT2D eigenvalue weighted by Crippen LogP contribution is 2.70. The van der Waals surface area contributed by atoms with E-state index in [0.29, 0.717) is 38.3 Å². The number of carbonyl (C=O) groups excluding carboxylic acids is 1. The predicted octanol–water partition coefficient (Wildman–Crippen LogP) is 6.93. The van der Waals surface area contributed by atoms with Crippen LogP contribution in [0.5, 0.6) is 5.75 Å². The Morgan fingerprint density at radius 2 is 1.83 bits per heavy atom. The molecule has 41 heavy (non-hydrogen) atoms. The van der Waals surface area contributed by atoms with E-state index < -0.39 is 11.1 Å². The van der Waals surface area contributed by atoms with E-state index in [2.05, 4.69) is 16.2 Å². The van der Waals surface area contributed by atoms with E-state index in [0.717, 1.165) is 72.9 Å². The summed E-state index contributed by atoms with van der Waals surface area (Å²) in [5, 5.41) is 4.31. The maximum absolute atomic E-state index is 14.6. The number of amides is 1. The minimum Gasteiger partial charge on any atom is -0.494 e. The normalized spacial score (nSPS) is 33.1. The summed E-state index contributed by atoms with van der Waals surface area (Å²) < 4.78 is 26.1. The molecule has 10 rings (SSSR count). The van der Waals surface area contributed by atoms with Crippen molar-refractivity contribution in [2.75, 3.05) is 18.1 Å². The van der Waals surface area contributed by atoms with E-state index >= 15 is 0 Å². The lowest BCUT2D eigenvalue weighted by molar-refractivity contribution is -0.211. The zero-order valence-electron chi connectivity index (χ0n) is 23.7. The third-order valence-electron chi connectivity index (χ3n) is 10.9. The van der Waals surface area contributed by atoms with Gasteiger partial charge >= 0.3 is 0 Å². The van der Waals surface area contributed by atoms with Crippen molar-refractivity contribution in [1.29, 1.82) is 0 Å². The number of nitrogens with zero attached hydrogens (tertiary/aromatic N) is 4. The summed E-state index contributed by atoms with van der Waals surface area (Å²) in [4.78, 5) is 25.6. The predicted molar refractivity (Wildman–Crippen MR) is 151 cm³/mol. The Kier molecular flexibility index (Phi) is 5.49. The van der Waals surface area contributed by atoms with E-state index in [-0.39, 0.29) is 16.7 Å². The van der Waals surface area contributed by atoms with Gasteiger partial charge in [-0.25, -0.2) is 4.39 Å². The molecule has 0 atom stereocenters. The number of hydrogen-bond donors (Lipinski definition) is 0. The zero-order chi connectivity index (χ0) is 27.9. The third-order valence-corrected chi connectivity index (χ3v) is 10.9. The van der Waals surface area contributed by atoms with Crippen molar-refractivity contribution in [1.82, 2.24) is 15.1 Å². The van der Waals surface area contributed by atoms with E-state index in [1.807, 2.05) is 42.2 Å². The average molecular weight is 557 g/mol. The highest BCUT2D eigenvalue weighted by Gasteiger charge is 2.73. The first-order valence-electron chi connectivity index (χ1n) is 15.4. The standard InChI is InChI=1S/C33H37FN4O3/c1-2-40-25-8-15-35-26(17-25)23-4-3-5-24(16-23)38(29(39)32-18-33(34,19-32)20-32)21-30-9-12-31(13-10-30,14-11-30)28-36-27(37-41-28)22-6-7-22/h3-5,8,15-17,22H,2,6-7,9-14,18-21H2,1H3. The molecule has 7 aliphatic rings. The summed E-state index contributed by atoms with van der Waals surface area (Å²) in [7, 11) is 0. The number of fused-ring (bicyclic) bond motifs is 3. The molecule has 214 valence electrons. The molecule has 0 N–H and O–H groups in total. The molecule has 8 heteroatoms. The van der Waals surface area contributed by atoms with Gasteiger partial charge in [0.05, 0.1) is 17.7 Å². The number of ether oxygens (including phenoxy) is 1. The van der Waals surface area contributed by atoms with Gasteiger partial charge in [-0.2, -0.15) is 4.98 Å². The topological polar surface area (TPSA) is 81.3 Å². The lowest BCUT2D eigenvalue weighted by atomic mass is 9.41. The van der Waals surface area contributed by atoms with Gasteiger partial charge in [0.15, 0.2) is 5.82 Å². The van der Waals surface area contributed by atoms with Crippen LogP contribution in [0, 0.1) is 10.8 Å². The maximum atomic E-state index is 14.6. The number of aromatic nitrogens is 3. The molecule has 0 saturated heterocycles. The zero-order valence-corrected chi connectivity index (χ0v) is 23.7. The fraction of sp³-hybridized carbons (Fsp3) is 0.576. The number of carbonyl (C=O) groups is 1. The maximum Gasteiger partial charge on any atom is 0.233 e. The van der Waals surface area contributed by atoms with Crippen molar-refractivity contribution in [3.63, 3.8) is 0 Å². The molecule has 7 aliphatic carbocycles. The molecule has 7 nitrogen and oxygen atoms in total. The van der Waals surface area contributed by atoms with E-state index in [1.54, 1.807) is 6.20 Å². The number of benzene rings is 1. The Morgan fingerprint density at radius 1 is 1.07 bits per heavy atom. The van der Waals surface area contributed by atoms with Crippen LogP contribution in [0.25, 0.3) is 11.3 Å². The summed E-state index contributed by atoms with van der Waals surface area (Å²) >= 11 is 0. The van der Waals surface area contributed by atoms with Gasteiger partial charge in [0.25, 0.3) is 0 Å². The fourth-order valence-electron chi connectivity index (χ4n) is 8.23. The van der Waals surface area contributed by atoms with E-state index in [9.17, 15) is 9.18 Å². The van der Waals surface area contributed by atoms with Crippen LogP contribution in [-0.4, -0.2) is 39.9 Å². The van der Waals surface area contributed by atoms with Gasteiger partial charge in [0, 0.05) is 41.4 Å². The van der Waals surface area contributed by atoms with Crippen molar-refractivity contribution in [2.45, 2.75) is 94.6 Å². The van der Waals surface area contributed by atoms with Crippen molar-refractivity contribution in [3.8, 4) is 17.0 Å². The van der Waals surface area contributed by atoms with Crippen molar-refractivity contribution >= 4 is 11.6 Å². The van der Waals surface area contributed by atoms with Crippen LogP contribution in [0.4, 0.5) is 10.1 Å². The Balaban J connectivity index is 1.07. The van der Waals surface area contributed by atoms with Crippen LogP contribution in [0.3, 0.4) is 0 Å². The molecule has 2 heterocycles. The molecule has 3 aromatic rings. The van der Waals surface area contributed by atoms with Crippen molar-refractivity contribution in [3.05, 3.63) is 54.3 Å². The Morgan fingerprint density at radius 3 is 2.51 bits per heavy atom. The highest BCUT2D eigenvalue weighted by molar-refractivity contribution is 6.00. The van der Waals surface area contributed by atoms with Crippen LogP contribution in [0.1, 0.15) is 95.2 Å². The van der Waals surface area contributed by atoms with Gasteiger partial charge in [-0.15, -0.1) is 0 Å². The smallest absolute Gasteiger partial charge is 0.233 e. The summed E-state index contributed by atoms with van der Waals surface area (Å²) in [6, 6.07) is 11.9. The first-order valence-corrected chi connectivity index (χ1v) is 15.4. The lowest BCUT2D eigenvalue weighted by Crippen LogP contribution is -2.71. The minimum absolute atomic E-state index is 0.0254. The van der Waals surface area contributed by atoms with E-state index in [1.165, 1.54) is 12.8 Å². The molecular formula is C33H37FN4O3. The monoisotopic (exact) mass is 556 g/mol. The van der Waals surface area contributed by atoms with Crippen LogP contribution in [0.15, 0.2) is 47.1 Å². The van der Waals surface area contributed by atoms with Gasteiger partial charge in [0.2, 0.25) is 11.8 Å². The van der Waals surface area contributed by atoms with Crippen molar-refractivity contribution in [2.24, 2.45) is 10.8 Å². The number of anilines is 1. The molecule has 4 bridgehead atoms. The molecule has 7 fully saturated rings. The summed E-state index contributed by atoms with van der Waals surface area (Å²) in [5.74, 6) is 3.07. The molecule has 1 amide bonds. The Hall–Kier alpha value is -3.29. The summed E-state index contributed by atoms with van der Waals surface area (Å²) in [5.41, 5.74) is 0.972. The Labute approximate surface area is 239 Å². The summed E-state index contributed by atoms with van der Waals surface area (Å²) in [6.07, 6.45) is 11.3. The number of halogens is 1. The number of pyridine rings is 1.